The zero-order chi connectivity index (χ0) is 18.9. The number of anilines is 1. The van der Waals surface area contributed by atoms with Gasteiger partial charge in [-0.05, 0) is 32.0 Å². The largest absolute Gasteiger partial charge is 0.274 e. The lowest BCUT2D eigenvalue weighted by Crippen LogP contribution is -2.26. The summed E-state index contributed by atoms with van der Waals surface area (Å²) in [7, 11) is -1.78. The molecule has 8 heteroatoms. The highest BCUT2D eigenvalue weighted by Crippen LogP contribution is 2.20. The lowest BCUT2D eigenvalue weighted by atomic mass is 10.2. The fourth-order valence-corrected chi connectivity index (χ4v) is 3.34. The molecular weight excluding hydrogens is 350 g/mol. The fraction of sp³-hybridized carbons (Fsp3) is 0.222. The van der Waals surface area contributed by atoms with Crippen LogP contribution in [-0.2, 0) is 16.6 Å². The Labute approximate surface area is 153 Å². The Balaban J connectivity index is 1.86. The summed E-state index contributed by atoms with van der Waals surface area (Å²) in [6.07, 6.45) is 1.40. The second-order valence-corrected chi connectivity index (χ2v) is 7.77. The summed E-state index contributed by atoms with van der Waals surface area (Å²) in [6.45, 7) is 4.67. The van der Waals surface area contributed by atoms with Gasteiger partial charge in [-0.2, -0.15) is 5.10 Å². The number of hydrogen-bond donors (Lipinski definition) is 1. The van der Waals surface area contributed by atoms with Crippen LogP contribution in [0.1, 0.15) is 17.0 Å². The zero-order valence-electron chi connectivity index (χ0n) is 15.0. The van der Waals surface area contributed by atoms with Crippen LogP contribution in [0.3, 0.4) is 0 Å². The first kappa shape index (κ1) is 18.1. The highest BCUT2D eigenvalue weighted by Gasteiger charge is 2.19. The van der Waals surface area contributed by atoms with Crippen molar-refractivity contribution >= 4 is 15.8 Å². The molecule has 0 saturated carbocycles. The number of aromatic amines is 1. The number of nitrogens with zero attached hydrogens (tertiary/aromatic N) is 3. The van der Waals surface area contributed by atoms with E-state index in [-0.39, 0.29) is 4.90 Å². The van der Waals surface area contributed by atoms with E-state index in [0.29, 0.717) is 6.54 Å². The number of sulfonamides is 1. The average Bonchev–Trinajstić information content (AvgIpc) is 2.90. The van der Waals surface area contributed by atoms with E-state index in [0.717, 1.165) is 28.5 Å². The van der Waals surface area contributed by atoms with E-state index < -0.39 is 10.0 Å². The van der Waals surface area contributed by atoms with E-state index in [1.54, 1.807) is 6.07 Å². The standard InChI is InChI=1S/C18H21N5O2S/c1-13-17(14(2)23(21-13)15-7-5-4-6-8-15)12-22(3)18-10-9-16(11-20-18)26(19,24)25/h4-11H,12H2,1-3H3,(H2,19,24,25)/p+1. The van der Waals surface area contributed by atoms with Crippen LogP contribution in [0.25, 0.3) is 5.69 Å². The van der Waals surface area contributed by atoms with Gasteiger partial charge in [0.25, 0.3) is 5.82 Å². The van der Waals surface area contributed by atoms with Gasteiger partial charge in [-0.3, -0.25) is 4.90 Å². The molecule has 0 saturated heterocycles. The number of pyridine rings is 1. The van der Waals surface area contributed by atoms with Crippen molar-refractivity contribution in [3.05, 3.63) is 65.6 Å². The summed E-state index contributed by atoms with van der Waals surface area (Å²) >= 11 is 0. The topological polar surface area (TPSA) is 95.4 Å². The summed E-state index contributed by atoms with van der Waals surface area (Å²) in [6, 6.07) is 13.2. The van der Waals surface area contributed by atoms with E-state index in [2.05, 4.69) is 10.1 Å². The zero-order valence-corrected chi connectivity index (χ0v) is 15.8. The van der Waals surface area contributed by atoms with Gasteiger partial charge in [-0.25, -0.2) is 23.2 Å². The van der Waals surface area contributed by atoms with Crippen LogP contribution in [0.4, 0.5) is 5.82 Å². The van der Waals surface area contributed by atoms with Crippen LogP contribution in [0, 0.1) is 13.8 Å². The third-order valence-electron chi connectivity index (χ3n) is 4.34. The third kappa shape index (κ3) is 3.61. The van der Waals surface area contributed by atoms with Crippen molar-refractivity contribution in [2.45, 2.75) is 25.3 Å². The Morgan fingerprint density at radius 3 is 2.42 bits per heavy atom. The molecule has 0 fully saturated rings. The molecule has 0 atom stereocenters. The Morgan fingerprint density at radius 2 is 1.85 bits per heavy atom. The average molecular weight is 372 g/mol. The summed E-state index contributed by atoms with van der Waals surface area (Å²) in [5.74, 6) is 0.781. The number of hydrogen-bond acceptors (Lipinski definition) is 4. The van der Waals surface area contributed by atoms with E-state index in [9.17, 15) is 8.42 Å². The molecule has 0 bridgehead atoms. The Morgan fingerprint density at radius 1 is 1.15 bits per heavy atom. The number of aromatic nitrogens is 3. The maximum atomic E-state index is 11.4. The van der Waals surface area contributed by atoms with Crippen LogP contribution < -0.4 is 15.0 Å². The van der Waals surface area contributed by atoms with Crippen molar-refractivity contribution in [3.8, 4) is 5.69 Å². The quantitative estimate of drug-likeness (QED) is 0.736. The normalized spacial score (nSPS) is 11.5. The lowest BCUT2D eigenvalue weighted by Gasteiger charge is -2.12. The number of aryl methyl sites for hydroxylation is 1. The number of para-hydroxylation sites is 1. The molecular formula is C18H22N5O2S+. The Kier molecular flexibility index (Phi) is 4.80. The number of nitrogens with two attached hydrogens (primary N) is 1. The first-order chi connectivity index (χ1) is 12.3. The second-order valence-electron chi connectivity index (χ2n) is 6.21. The van der Waals surface area contributed by atoms with Gasteiger partial charge < -0.3 is 0 Å². The van der Waals surface area contributed by atoms with E-state index in [4.69, 9.17) is 5.14 Å². The SMILES string of the molecule is Cc1nn(-c2ccccc2)c(C)c1CN(C)c1ccc(S(N)(=O)=O)c[nH+]1. The molecule has 3 N–H and O–H groups in total. The number of H-pyrrole nitrogens is 1. The number of nitrogens with one attached hydrogen (secondary N) is 1. The van der Waals surface area contributed by atoms with Crippen molar-refractivity contribution in [2.24, 2.45) is 5.14 Å². The van der Waals surface area contributed by atoms with Gasteiger partial charge in [-0.1, -0.05) is 18.2 Å². The highest BCUT2D eigenvalue weighted by atomic mass is 32.2. The molecule has 0 radical (unpaired) electrons. The molecule has 136 valence electrons. The molecule has 0 amide bonds. The first-order valence-electron chi connectivity index (χ1n) is 8.13. The van der Waals surface area contributed by atoms with E-state index in [1.807, 2.05) is 60.8 Å². The van der Waals surface area contributed by atoms with Crippen molar-refractivity contribution in [2.75, 3.05) is 11.9 Å². The molecule has 0 unspecified atom stereocenters. The van der Waals surface area contributed by atoms with Crippen LogP contribution in [0.5, 0.6) is 0 Å². The third-order valence-corrected chi connectivity index (χ3v) is 5.26. The summed E-state index contributed by atoms with van der Waals surface area (Å²) < 4.78 is 24.7. The molecule has 0 aliphatic carbocycles. The van der Waals surface area contributed by atoms with Gasteiger partial charge in [0, 0.05) is 17.3 Å². The molecule has 0 spiro atoms. The highest BCUT2D eigenvalue weighted by molar-refractivity contribution is 7.89. The minimum Gasteiger partial charge on any atom is -0.260 e. The molecule has 0 aliphatic heterocycles. The predicted molar refractivity (Wildman–Crippen MR) is 99.5 cm³/mol. The summed E-state index contributed by atoms with van der Waals surface area (Å²) in [5, 5.41) is 9.79. The van der Waals surface area contributed by atoms with Crippen LogP contribution in [-0.4, -0.2) is 25.2 Å². The minimum absolute atomic E-state index is 0.0545. The first-order valence-corrected chi connectivity index (χ1v) is 9.68. The number of primary sulfonamides is 1. The Hall–Kier alpha value is -2.71. The second kappa shape index (κ2) is 6.89. The summed E-state index contributed by atoms with van der Waals surface area (Å²) in [5.41, 5.74) is 4.17. The van der Waals surface area contributed by atoms with Crippen molar-refractivity contribution in [3.63, 3.8) is 0 Å². The van der Waals surface area contributed by atoms with Gasteiger partial charge in [0.2, 0.25) is 10.0 Å². The maximum Gasteiger partial charge on any atom is 0.274 e. The number of rotatable bonds is 5. The van der Waals surface area contributed by atoms with Gasteiger partial charge in [0.15, 0.2) is 0 Å². The lowest BCUT2D eigenvalue weighted by molar-refractivity contribution is -0.367. The molecule has 2 aromatic heterocycles. The predicted octanol–water partition coefficient (Wildman–Crippen LogP) is 1.59. The minimum atomic E-state index is -3.71. The number of benzene rings is 1. The van der Waals surface area contributed by atoms with Gasteiger partial charge >= 0.3 is 0 Å². The maximum absolute atomic E-state index is 11.4. The molecule has 0 aliphatic rings. The van der Waals surface area contributed by atoms with Gasteiger partial charge in [0.05, 0.1) is 18.4 Å². The van der Waals surface area contributed by atoms with Gasteiger partial charge in [0.1, 0.15) is 17.6 Å². The van der Waals surface area contributed by atoms with Crippen molar-refractivity contribution in [1.29, 1.82) is 0 Å². The Bertz CT molecular complexity index is 1010. The van der Waals surface area contributed by atoms with E-state index >= 15 is 0 Å². The van der Waals surface area contributed by atoms with Crippen LogP contribution in [0.2, 0.25) is 0 Å². The molecule has 7 nitrogen and oxygen atoms in total. The monoisotopic (exact) mass is 372 g/mol. The molecule has 2 heterocycles. The smallest absolute Gasteiger partial charge is 0.260 e. The molecule has 3 aromatic rings. The van der Waals surface area contributed by atoms with Crippen molar-refractivity contribution < 1.29 is 13.4 Å². The molecule has 3 rings (SSSR count). The van der Waals surface area contributed by atoms with E-state index in [1.165, 1.54) is 12.3 Å². The molecule has 26 heavy (non-hydrogen) atoms. The fourth-order valence-electron chi connectivity index (χ4n) is 2.86. The summed E-state index contributed by atoms with van der Waals surface area (Å²) in [4.78, 5) is 5.03. The van der Waals surface area contributed by atoms with Gasteiger partial charge in [-0.15, -0.1) is 0 Å². The van der Waals surface area contributed by atoms with Crippen molar-refractivity contribution in [1.82, 2.24) is 9.78 Å². The molecule has 1 aromatic carbocycles. The van der Waals surface area contributed by atoms with Crippen LogP contribution in [0.15, 0.2) is 53.6 Å². The van der Waals surface area contributed by atoms with Crippen LogP contribution >= 0.6 is 0 Å².